The third kappa shape index (κ3) is 3.24. The molecule has 1 aromatic rings. The predicted molar refractivity (Wildman–Crippen MR) is 60.8 cm³/mol. The van der Waals surface area contributed by atoms with Gasteiger partial charge in [0.25, 0.3) is 5.91 Å². The Bertz CT molecular complexity index is 418. The fourth-order valence-electron chi connectivity index (χ4n) is 1.23. The molecular formula is C11H12ClNO3. The van der Waals surface area contributed by atoms with Crippen molar-refractivity contribution in [1.29, 1.82) is 0 Å². The topological polar surface area (TPSA) is 66.4 Å². The van der Waals surface area contributed by atoms with E-state index in [0.29, 0.717) is 16.1 Å². The highest BCUT2D eigenvalue weighted by Gasteiger charge is 2.10. The summed E-state index contributed by atoms with van der Waals surface area (Å²) < 4.78 is 0. The van der Waals surface area contributed by atoms with E-state index >= 15 is 0 Å². The van der Waals surface area contributed by atoms with Gasteiger partial charge in [0.15, 0.2) is 0 Å². The number of hydrogen-bond donors (Lipinski definition) is 2. The van der Waals surface area contributed by atoms with Gasteiger partial charge >= 0.3 is 5.97 Å². The second kappa shape index (κ2) is 5.51. The molecule has 16 heavy (non-hydrogen) atoms. The molecule has 0 saturated heterocycles. The van der Waals surface area contributed by atoms with E-state index in [9.17, 15) is 9.59 Å². The fraction of sp³-hybridized carbons (Fsp3) is 0.273. The normalized spacial score (nSPS) is 9.88. The Hall–Kier alpha value is -1.55. The lowest BCUT2D eigenvalue weighted by Gasteiger charge is -2.07. The van der Waals surface area contributed by atoms with Gasteiger partial charge in [0.1, 0.15) is 0 Å². The summed E-state index contributed by atoms with van der Waals surface area (Å²) in [5.41, 5.74) is 1.16. The second-order valence-electron chi connectivity index (χ2n) is 3.31. The maximum atomic E-state index is 11.6. The standard InChI is InChI=1S/C11H12ClNO3/c1-7-8(3-2-4-9(7)12)11(16)13-6-5-10(14)15/h2-4H,5-6H2,1H3,(H,13,16)(H,14,15). The minimum absolute atomic E-state index is 0.0919. The molecule has 0 spiro atoms. The maximum absolute atomic E-state index is 11.6. The maximum Gasteiger partial charge on any atom is 0.305 e. The van der Waals surface area contributed by atoms with Crippen LogP contribution >= 0.6 is 11.6 Å². The lowest BCUT2D eigenvalue weighted by molar-refractivity contribution is -0.136. The third-order valence-corrected chi connectivity index (χ3v) is 2.55. The number of carbonyl (C=O) groups is 2. The van der Waals surface area contributed by atoms with Crippen LogP contribution in [0.2, 0.25) is 5.02 Å². The molecule has 0 aliphatic carbocycles. The summed E-state index contributed by atoms with van der Waals surface area (Å²) in [5, 5.41) is 11.5. The van der Waals surface area contributed by atoms with Gasteiger partial charge in [-0.3, -0.25) is 9.59 Å². The van der Waals surface area contributed by atoms with Crippen LogP contribution in [0, 0.1) is 6.92 Å². The van der Waals surface area contributed by atoms with Crippen LogP contribution in [0.25, 0.3) is 0 Å². The van der Waals surface area contributed by atoms with Crippen LogP contribution in [-0.4, -0.2) is 23.5 Å². The number of benzene rings is 1. The molecule has 0 atom stereocenters. The number of hydrogen-bond acceptors (Lipinski definition) is 2. The van der Waals surface area contributed by atoms with Gasteiger partial charge in [-0.25, -0.2) is 0 Å². The summed E-state index contributed by atoms with van der Waals surface area (Å²) in [4.78, 5) is 21.9. The zero-order valence-electron chi connectivity index (χ0n) is 8.79. The Balaban J connectivity index is 2.66. The number of carboxylic acid groups (broad SMARTS) is 1. The summed E-state index contributed by atoms with van der Waals surface area (Å²) in [6, 6.07) is 5.03. The molecule has 0 radical (unpaired) electrons. The van der Waals surface area contributed by atoms with E-state index in [4.69, 9.17) is 16.7 Å². The molecule has 0 aromatic heterocycles. The molecule has 0 aliphatic heterocycles. The molecule has 0 aliphatic rings. The SMILES string of the molecule is Cc1c(Cl)cccc1C(=O)NCCC(=O)O. The van der Waals surface area contributed by atoms with Crippen LogP contribution in [0.15, 0.2) is 18.2 Å². The van der Waals surface area contributed by atoms with Gasteiger partial charge in [0.05, 0.1) is 6.42 Å². The van der Waals surface area contributed by atoms with Gasteiger partial charge in [-0.1, -0.05) is 17.7 Å². The number of rotatable bonds is 4. The van der Waals surface area contributed by atoms with E-state index in [1.807, 2.05) is 0 Å². The molecule has 86 valence electrons. The molecule has 0 bridgehead atoms. The average Bonchev–Trinajstić information content (AvgIpc) is 2.21. The third-order valence-electron chi connectivity index (χ3n) is 2.14. The first-order valence-corrected chi connectivity index (χ1v) is 5.15. The van der Waals surface area contributed by atoms with Gasteiger partial charge < -0.3 is 10.4 Å². The number of carboxylic acids is 1. The number of halogens is 1. The van der Waals surface area contributed by atoms with E-state index in [0.717, 1.165) is 0 Å². The Morgan fingerprint density at radius 3 is 2.75 bits per heavy atom. The zero-order valence-corrected chi connectivity index (χ0v) is 9.54. The Labute approximate surface area is 98.2 Å². The molecule has 2 N–H and O–H groups in total. The minimum Gasteiger partial charge on any atom is -0.481 e. The molecule has 1 amide bonds. The molecule has 0 saturated carbocycles. The van der Waals surface area contributed by atoms with Crippen molar-refractivity contribution in [2.75, 3.05) is 6.54 Å². The van der Waals surface area contributed by atoms with E-state index < -0.39 is 5.97 Å². The van der Waals surface area contributed by atoms with Crippen LogP contribution in [0.3, 0.4) is 0 Å². The van der Waals surface area contributed by atoms with E-state index in [1.165, 1.54) is 0 Å². The molecular weight excluding hydrogens is 230 g/mol. The van der Waals surface area contributed by atoms with Gasteiger partial charge in [-0.15, -0.1) is 0 Å². The highest BCUT2D eigenvalue weighted by molar-refractivity contribution is 6.31. The average molecular weight is 242 g/mol. The van der Waals surface area contributed by atoms with Crippen LogP contribution in [0.1, 0.15) is 22.3 Å². The van der Waals surface area contributed by atoms with Crippen molar-refractivity contribution in [3.05, 3.63) is 34.3 Å². The number of aliphatic carboxylic acids is 1. The highest BCUT2D eigenvalue weighted by Crippen LogP contribution is 2.18. The zero-order chi connectivity index (χ0) is 12.1. The largest absolute Gasteiger partial charge is 0.481 e. The minimum atomic E-state index is -0.942. The van der Waals surface area contributed by atoms with Crippen molar-refractivity contribution in [1.82, 2.24) is 5.32 Å². The van der Waals surface area contributed by atoms with E-state index in [-0.39, 0.29) is 18.9 Å². The molecule has 1 aromatic carbocycles. The summed E-state index contributed by atoms with van der Waals surface area (Å²) in [7, 11) is 0. The van der Waals surface area contributed by atoms with E-state index in [1.54, 1.807) is 25.1 Å². The molecule has 5 heteroatoms. The number of carbonyl (C=O) groups excluding carboxylic acids is 1. The first kappa shape index (κ1) is 12.5. The van der Waals surface area contributed by atoms with Gasteiger partial charge in [-0.05, 0) is 24.6 Å². The smallest absolute Gasteiger partial charge is 0.305 e. The van der Waals surface area contributed by atoms with Crippen molar-refractivity contribution >= 4 is 23.5 Å². The lowest BCUT2D eigenvalue weighted by Crippen LogP contribution is -2.26. The predicted octanol–water partition coefficient (Wildman–Crippen LogP) is 1.85. The van der Waals surface area contributed by atoms with Crippen molar-refractivity contribution in [2.24, 2.45) is 0 Å². The van der Waals surface area contributed by atoms with Gasteiger partial charge in [0.2, 0.25) is 0 Å². The lowest BCUT2D eigenvalue weighted by atomic mass is 10.1. The molecule has 1 rings (SSSR count). The first-order chi connectivity index (χ1) is 7.52. The quantitative estimate of drug-likeness (QED) is 0.846. The van der Waals surface area contributed by atoms with Crippen molar-refractivity contribution < 1.29 is 14.7 Å². The second-order valence-corrected chi connectivity index (χ2v) is 3.72. The van der Waals surface area contributed by atoms with Crippen LogP contribution in [0.5, 0.6) is 0 Å². The van der Waals surface area contributed by atoms with Gasteiger partial charge in [0, 0.05) is 17.1 Å². The van der Waals surface area contributed by atoms with E-state index in [2.05, 4.69) is 5.32 Å². The van der Waals surface area contributed by atoms with Gasteiger partial charge in [-0.2, -0.15) is 0 Å². The van der Waals surface area contributed by atoms with Crippen molar-refractivity contribution in [3.63, 3.8) is 0 Å². The summed E-state index contributed by atoms with van der Waals surface area (Å²) >= 11 is 5.87. The summed E-state index contributed by atoms with van der Waals surface area (Å²) in [5.74, 6) is -1.25. The highest BCUT2D eigenvalue weighted by atomic mass is 35.5. The molecule has 0 fully saturated rings. The monoisotopic (exact) mass is 241 g/mol. The van der Waals surface area contributed by atoms with Crippen LogP contribution in [0.4, 0.5) is 0 Å². The summed E-state index contributed by atoms with van der Waals surface area (Å²) in [6.07, 6.45) is -0.0919. The number of amides is 1. The Kier molecular flexibility index (Phi) is 4.31. The molecule has 4 nitrogen and oxygen atoms in total. The van der Waals surface area contributed by atoms with Crippen LogP contribution < -0.4 is 5.32 Å². The fourth-order valence-corrected chi connectivity index (χ4v) is 1.41. The summed E-state index contributed by atoms with van der Waals surface area (Å²) in [6.45, 7) is 1.86. The Morgan fingerprint density at radius 1 is 1.44 bits per heavy atom. The molecule has 0 unspecified atom stereocenters. The molecule has 0 heterocycles. The Morgan fingerprint density at radius 2 is 2.12 bits per heavy atom. The number of nitrogens with one attached hydrogen (secondary N) is 1. The van der Waals surface area contributed by atoms with Crippen molar-refractivity contribution in [3.8, 4) is 0 Å². The first-order valence-electron chi connectivity index (χ1n) is 4.77. The van der Waals surface area contributed by atoms with Crippen molar-refractivity contribution in [2.45, 2.75) is 13.3 Å². The van der Waals surface area contributed by atoms with Crippen LogP contribution in [-0.2, 0) is 4.79 Å².